The fraction of sp³-hybridized carbons (Fsp3) is 0. The molecular weight excluding hydrogens is 278 g/mol. The molecule has 1 heterocycles. The van der Waals surface area contributed by atoms with Crippen LogP contribution in [0.3, 0.4) is 0 Å². The highest BCUT2D eigenvalue weighted by Crippen LogP contribution is 2.27. The highest BCUT2D eigenvalue weighted by atomic mass is 16.3. The molecule has 0 radical (unpaired) electrons. The Hall–Kier alpha value is -3.21. The van der Waals surface area contributed by atoms with Crippen molar-refractivity contribution in [2.45, 2.75) is 0 Å². The molecule has 1 aromatic heterocycles. The van der Waals surface area contributed by atoms with Gasteiger partial charge in [0.2, 0.25) is 0 Å². The van der Waals surface area contributed by atoms with E-state index in [4.69, 9.17) is 0 Å². The van der Waals surface area contributed by atoms with E-state index in [1.54, 1.807) is 18.2 Å². The minimum atomic E-state index is -0.334. The van der Waals surface area contributed by atoms with Gasteiger partial charge in [0.25, 0.3) is 5.91 Å². The molecule has 0 saturated carbocycles. The first-order valence-corrected chi connectivity index (χ1v) is 6.70. The largest absolute Gasteiger partial charge is 0.507 e. The van der Waals surface area contributed by atoms with Crippen LogP contribution in [0.4, 0.5) is 0 Å². The zero-order valence-electron chi connectivity index (χ0n) is 11.6. The molecule has 0 atom stereocenters. The van der Waals surface area contributed by atoms with Crippen LogP contribution in [0, 0.1) is 0 Å². The summed E-state index contributed by atoms with van der Waals surface area (Å²) in [5.41, 5.74) is 3.42. The van der Waals surface area contributed by atoms with Crippen LogP contribution in [-0.2, 0) is 0 Å². The van der Waals surface area contributed by atoms with E-state index in [0.717, 1.165) is 10.8 Å². The normalized spacial score (nSPS) is 10.9. The fourth-order valence-electron chi connectivity index (χ4n) is 2.10. The molecule has 0 aliphatic heterocycles. The first-order valence-electron chi connectivity index (χ1n) is 6.70. The van der Waals surface area contributed by atoms with E-state index in [1.165, 1.54) is 18.6 Å². The Kier molecular flexibility index (Phi) is 3.78. The van der Waals surface area contributed by atoms with Gasteiger partial charge in [-0.05, 0) is 23.6 Å². The maximum Gasteiger partial charge on any atom is 0.271 e. The van der Waals surface area contributed by atoms with E-state index in [2.05, 4.69) is 15.5 Å². The Morgan fingerprint density at radius 1 is 1.09 bits per heavy atom. The molecule has 3 aromatic rings. The van der Waals surface area contributed by atoms with E-state index >= 15 is 0 Å². The van der Waals surface area contributed by atoms with Crippen LogP contribution in [0.25, 0.3) is 10.8 Å². The van der Waals surface area contributed by atoms with Crippen molar-refractivity contribution in [3.8, 4) is 5.75 Å². The predicted molar refractivity (Wildman–Crippen MR) is 84.9 cm³/mol. The summed E-state index contributed by atoms with van der Waals surface area (Å²) in [4.78, 5) is 15.7. The second kappa shape index (κ2) is 6.05. The van der Waals surface area contributed by atoms with Crippen LogP contribution in [0.2, 0.25) is 0 Å². The summed E-state index contributed by atoms with van der Waals surface area (Å²) < 4.78 is 0. The van der Waals surface area contributed by atoms with Gasteiger partial charge in [0.1, 0.15) is 5.75 Å². The molecule has 0 aliphatic rings. The predicted octanol–water partition coefficient (Wildman–Crippen LogP) is 2.70. The average molecular weight is 291 g/mol. The van der Waals surface area contributed by atoms with Gasteiger partial charge >= 0.3 is 0 Å². The second-order valence-corrected chi connectivity index (χ2v) is 4.66. The van der Waals surface area contributed by atoms with Crippen LogP contribution in [-0.4, -0.2) is 22.2 Å². The van der Waals surface area contributed by atoms with E-state index < -0.39 is 0 Å². The van der Waals surface area contributed by atoms with Crippen molar-refractivity contribution < 1.29 is 9.90 Å². The van der Waals surface area contributed by atoms with Gasteiger partial charge in [-0.1, -0.05) is 30.3 Å². The molecule has 2 aromatic carbocycles. The Morgan fingerprint density at radius 3 is 2.68 bits per heavy atom. The third-order valence-corrected chi connectivity index (χ3v) is 3.24. The number of fused-ring (bicyclic) bond motifs is 1. The van der Waals surface area contributed by atoms with Gasteiger partial charge in [-0.3, -0.25) is 9.78 Å². The second-order valence-electron chi connectivity index (χ2n) is 4.66. The third kappa shape index (κ3) is 2.78. The van der Waals surface area contributed by atoms with E-state index in [1.807, 2.05) is 30.3 Å². The number of nitrogens with one attached hydrogen (secondary N) is 1. The van der Waals surface area contributed by atoms with Crippen LogP contribution in [0.15, 0.2) is 66.0 Å². The number of phenols is 1. The maximum absolute atomic E-state index is 11.8. The molecule has 0 unspecified atom stereocenters. The number of hydrogen-bond acceptors (Lipinski definition) is 4. The number of benzene rings is 2. The van der Waals surface area contributed by atoms with Crippen molar-refractivity contribution in [1.82, 2.24) is 10.4 Å². The molecule has 0 fully saturated rings. The minimum Gasteiger partial charge on any atom is -0.507 e. The van der Waals surface area contributed by atoms with Crippen molar-refractivity contribution in [2.75, 3.05) is 0 Å². The van der Waals surface area contributed by atoms with Gasteiger partial charge in [-0.25, -0.2) is 5.43 Å². The number of amides is 1. The molecule has 2 N–H and O–H groups in total. The number of hydrogen-bond donors (Lipinski definition) is 2. The Labute approximate surface area is 126 Å². The topological polar surface area (TPSA) is 74.6 Å². The molecule has 3 rings (SSSR count). The number of nitrogens with zero attached hydrogens (tertiary/aromatic N) is 2. The first kappa shape index (κ1) is 13.8. The quantitative estimate of drug-likeness (QED) is 0.575. The van der Waals surface area contributed by atoms with Gasteiger partial charge < -0.3 is 5.11 Å². The summed E-state index contributed by atoms with van der Waals surface area (Å²) >= 11 is 0. The van der Waals surface area contributed by atoms with Gasteiger partial charge in [0.05, 0.1) is 6.21 Å². The first-order chi connectivity index (χ1) is 10.8. The summed E-state index contributed by atoms with van der Waals surface area (Å²) in [6, 6.07) is 14.3. The van der Waals surface area contributed by atoms with Crippen LogP contribution < -0.4 is 5.43 Å². The smallest absolute Gasteiger partial charge is 0.271 e. The van der Waals surface area contributed by atoms with Crippen molar-refractivity contribution >= 4 is 22.9 Å². The highest BCUT2D eigenvalue weighted by molar-refractivity contribution is 5.98. The van der Waals surface area contributed by atoms with Gasteiger partial charge in [-0.2, -0.15) is 5.10 Å². The zero-order valence-corrected chi connectivity index (χ0v) is 11.6. The number of aromatic hydroxyl groups is 1. The highest BCUT2D eigenvalue weighted by Gasteiger charge is 2.05. The summed E-state index contributed by atoms with van der Waals surface area (Å²) in [5, 5.41) is 15.8. The van der Waals surface area contributed by atoms with Crippen molar-refractivity contribution in [1.29, 1.82) is 0 Å². The lowest BCUT2D eigenvalue weighted by atomic mass is 10.1. The third-order valence-electron chi connectivity index (χ3n) is 3.24. The lowest BCUT2D eigenvalue weighted by Gasteiger charge is -2.04. The van der Waals surface area contributed by atoms with Gasteiger partial charge in [0, 0.05) is 28.9 Å². The number of aromatic nitrogens is 1. The van der Waals surface area contributed by atoms with E-state index in [9.17, 15) is 9.90 Å². The average Bonchev–Trinajstić information content (AvgIpc) is 2.58. The lowest BCUT2D eigenvalue weighted by molar-refractivity contribution is 0.0955. The molecule has 1 amide bonds. The van der Waals surface area contributed by atoms with Crippen molar-refractivity contribution in [3.05, 3.63) is 72.1 Å². The number of hydrazone groups is 1. The molecule has 5 heteroatoms. The van der Waals surface area contributed by atoms with Crippen molar-refractivity contribution in [3.63, 3.8) is 0 Å². The molecule has 0 saturated heterocycles. The molecular formula is C17H13N3O2. The molecule has 0 aliphatic carbocycles. The van der Waals surface area contributed by atoms with E-state index in [-0.39, 0.29) is 11.7 Å². The molecule has 0 spiro atoms. The lowest BCUT2D eigenvalue weighted by Crippen LogP contribution is -2.17. The number of rotatable bonds is 3. The Morgan fingerprint density at radius 2 is 1.86 bits per heavy atom. The molecule has 108 valence electrons. The SMILES string of the molecule is O=C(N/N=C/c1ccc2ccccc2c1O)c1ccncc1. The fourth-order valence-corrected chi connectivity index (χ4v) is 2.10. The summed E-state index contributed by atoms with van der Waals surface area (Å²) in [6.07, 6.45) is 4.49. The summed E-state index contributed by atoms with van der Waals surface area (Å²) in [7, 11) is 0. The molecule has 0 bridgehead atoms. The van der Waals surface area contributed by atoms with Gasteiger partial charge in [0.15, 0.2) is 0 Å². The van der Waals surface area contributed by atoms with E-state index in [0.29, 0.717) is 11.1 Å². The molecule has 22 heavy (non-hydrogen) atoms. The van der Waals surface area contributed by atoms with Crippen LogP contribution >= 0.6 is 0 Å². The summed E-state index contributed by atoms with van der Waals surface area (Å²) in [5.74, 6) is -0.195. The Bertz CT molecular complexity index is 845. The maximum atomic E-state index is 11.8. The number of carbonyl (C=O) groups is 1. The number of pyridine rings is 1. The van der Waals surface area contributed by atoms with Crippen molar-refractivity contribution in [2.24, 2.45) is 5.10 Å². The van der Waals surface area contributed by atoms with Crippen LogP contribution in [0.5, 0.6) is 5.75 Å². The standard InChI is InChI=1S/C17H13N3O2/c21-16-14(6-5-12-3-1-2-4-15(12)16)11-19-20-17(22)13-7-9-18-10-8-13/h1-11,21H,(H,20,22)/b19-11+. The Balaban J connectivity index is 1.78. The number of carbonyl (C=O) groups excluding carboxylic acids is 1. The monoisotopic (exact) mass is 291 g/mol. The van der Waals surface area contributed by atoms with Crippen LogP contribution in [0.1, 0.15) is 15.9 Å². The zero-order chi connectivity index (χ0) is 15.4. The van der Waals surface area contributed by atoms with Gasteiger partial charge in [-0.15, -0.1) is 0 Å². The minimum absolute atomic E-state index is 0.139. The molecule has 5 nitrogen and oxygen atoms in total. The number of phenolic OH excluding ortho intramolecular Hbond substituents is 1. The summed E-state index contributed by atoms with van der Waals surface area (Å²) in [6.45, 7) is 0.